The van der Waals surface area contributed by atoms with Crippen LogP contribution in [0.15, 0.2) is 46.8 Å². The number of nitrogens with zero attached hydrogens (tertiary/aromatic N) is 2. The third-order valence-corrected chi connectivity index (χ3v) is 2.96. The number of aldehydes is 1. The molecule has 7 heteroatoms. The molecule has 1 heterocycles. The zero-order chi connectivity index (χ0) is 16.3. The summed E-state index contributed by atoms with van der Waals surface area (Å²) in [5, 5.41) is 3.33. The average Bonchev–Trinajstić information content (AvgIpc) is 2.94. The number of rotatable bonds is 5. The van der Waals surface area contributed by atoms with Crippen LogP contribution in [0.25, 0.3) is 11.3 Å². The van der Waals surface area contributed by atoms with Gasteiger partial charge in [-0.1, -0.05) is 35.5 Å². The Morgan fingerprint density at radius 3 is 2.45 bits per heavy atom. The minimum Gasteiger partial charge on any atom is -0.373 e. The molecule has 2 rings (SSSR count). The SMILES string of the molecule is CN(C)c1c(C(F)(F)C(F)=CC=O)noc1-c1ccccc1. The fraction of sp³-hybridized carbons (Fsp3) is 0.200. The van der Waals surface area contributed by atoms with Gasteiger partial charge in [0, 0.05) is 25.7 Å². The number of benzene rings is 1. The molecule has 22 heavy (non-hydrogen) atoms. The summed E-state index contributed by atoms with van der Waals surface area (Å²) in [6.07, 6.45) is 0.118. The zero-order valence-electron chi connectivity index (χ0n) is 11.9. The standard InChI is InChI=1S/C15H13F3N2O2/c1-20(2)12-13(10-6-4-3-5-7-10)22-19-14(12)15(17,18)11(16)8-9-21/h3-9H,1-2H3. The Hall–Kier alpha value is -2.57. The molecule has 2 aromatic rings. The summed E-state index contributed by atoms with van der Waals surface area (Å²) < 4.78 is 46.8. The van der Waals surface area contributed by atoms with Crippen LogP contribution in [0.1, 0.15) is 5.69 Å². The molecule has 0 bridgehead atoms. The van der Waals surface area contributed by atoms with Crippen molar-refractivity contribution in [2.24, 2.45) is 0 Å². The maximum Gasteiger partial charge on any atom is 0.345 e. The van der Waals surface area contributed by atoms with Gasteiger partial charge < -0.3 is 9.42 Å². The third-order valence-electron chi connectivity index (χ3n) is 2.96. The molecular formula is C15H13F3N2O2. The molecule has 4 nitrogen and oxygen atoms in total. The third kappa shape index (κ3) is 2.74. The van der Waals surface area contributed by atoms with Gasteiger partial charge in [-0.05, 0) is 0 Å². The van der Waals surface area contributed by atoms with Crippen LogP contribution in [-0.4, -0.2) is 25.5 Å². The van der Waals surface area contributed by atoms with Gasteiger partial charge in [0.1, 0.15) is 12.0 Å². The van der Waals surface area contributed by atoms with Gasteiger partial charge in [-0.15, -0.1) is 0 Å². The summed E-state index contributed by atoms with van der Waals surface area (Å²) in [5.74, 6) is -5.85. The molecule has 0 N–H and O–H groups in total. The van der Waals surface area contributed by atoms with E-state index in [1.54, 1.807) is 30.3 Å². The van der Waals surface area contributed by atoms with Gasteiger partial charge in [0.05, 0.1) is 0 Å². The van der Waals surface area contributed by atoms with E-state index in [0.29, 0.717) is 5.56 Å². The lowest BCUT2D eigenvalue weighted by atomic mass is 10.1. The second-order valence-electron chi connectivity index (χ2n) is 4.69. The van der Waals surface area contributed by atoms with Crippen LogP contribution in [-0.2, 0) is 10.7 Å². The molecule has 0 saturated carbocycles. The Morgan fingerprint density at radius 1 is 1.27 bits per heavy atom. The van der Waals surface area contributed by atoms with Crippen LogP contribution in [0.3, 0.4) is 0 Å². The summed E-state index contributed by atoms with van der Waals surface area (Å²) >= 11 is 0. The Kier molecular flexibility index (Phi) is 4.35. The van der Waals surface area contributed by atoms with Gasteiger partial charge in [-0.25, -0.2) is 4.39 Å². The number of halogens is 3. The number of hydrogen-bond donors (Lipinski definition) is 0. The van der Waals surface area contributed by atoms with Crippen molar-refractivity contribution in [3.63, 3.8) is 0 Å². The van der Waals surface area contributed by atoms with Crippen LogP contribution < -0.4 is 4.90 Å². The van der Waals surface area contributed by atoms with Gasteiger partial charge >= 0.3 is 5.92 Å². The van der Waals surface area contributed by atoms with E-state index in [1.165, 1.54) is 19.0 Å². The molecule has 116 valence electrons. The van der Waals surface area contributed by atoms with E-state index in [4.69, 9.17) is 4.52 Å². The first-order valence-corrected chi connectivity index (χ1v) is 6.31. The van der Waals surface area contributed by atoms with Crippen LogP contribution >= 0.6 is 0 Å². The number of hydrogen-bond acceptors (Lipinski definition) is 4. The second kappa shape index (κ2) is 6.05. The van der Waals surface area contributed by atoms with Crippen LogP contribution in [0.2, 0.25) is 0 Å². The molecule has 0 aliphatic carbocycles. The van der Waals surface area contributed by atoms with E-state index in [0.717, 1.165) is 0 Å². The summed E-state index contributed by atoms with van der Waals surface area (Å²) in [6, 6.07) is 8.50. The molecule has 0 fully saturated rings. The number of alkyl halides is 2. The zero-order valence-corrected chi connectivity index (χ0v) is 11.9. The molecule has 1 aromatic heterocycles. The fourth-order valence-corrected chi connectivity index (χ4v) is 1.96. The first kappa shape index (κ1) is 15.8. The molecular weight excluding hydrogens is 297 g/mol. The second-order valence-corrected chi connectivity index (χ2v) is 4.69. The Balaban J connectivity index is 2.62. The molecule has 0 unspecified atom stereocenters. The van der Waals surface area contributed by atoms with Gasteiger partial charge in [-0.3, -0.25) is 4.79 Å². The van der Waals surface area contributed by atoms with E-state index in [-0.39, 0.29) is 23.8 Å². The summed E-state index contributed by atoms with van der Waals surface area (Å²) in [7, 11) is 3.03. The maximum atomic E-state index is 14.1. The Morgan fingerprint density at radius 2 is 1.91 bits per heavy atom. The van der Waals surface area contributed by atoms with Gasteiger partial charge in [0.15, 0.2) is 17.3 Å². The lowest BCUT2D eigenvalue weighted by molar-refractivity contribution is -0.104. The van der Waals surface area contributed by atoms with Crippen LogP contribution in [0, 0.1) is 0 Å². The number of carbonyl (C=O) groups excluding carboxylic acids is 1. The van der Waals surface area contributed by atoms with Crippen molar-refractivity contribution < 1.29 is 22.5 Å². The highest BCUT2D eigenvalue weighted by Crippen LogP contribution is 2.44. The van der Waals surface area contributed by atoms with Crippen LogP contribution in [0.5, 0.6) is 0 Å². The smallest absolute Gasteiger partial charge is 0.345 e. The van der Waals surface area contributed by atoms with Crippen molar-refractivity contribution in [1.29, 1.82) is 0 Å². The van der Waals surface area contributed by atoms with Crippen molar-refractivity contribution in [2.45, 2.75) is 5.92 Å². The topological polar surface area (TPSA) is 46.3 Å². The molecule has 0 atom stereocenters. The molecule has 0 saturated heterocycles. The number of anilines is 1. The predicted octanol–water partition coefficient (Wildman–Crippen LogP) is 3.55. The minimum absolute atomic E-state index is 0.0449. The molecule has 0 aliphatic heterocycles. The summed E-state index contributed by atoms with van der Waals surface area (Å²) in [5.41, 5.74) is -0.405. The maximum absolute atomic E-state index is 14.1. The molecule has 0 amide bonds. The predicted molar refractivity (Wildman–Crippen MR) is 75.4 cm³/mol. The molecule has 0 aliphatic rings. The molecule has 0 radical (unpaired) electrons. The summed E-state index contributed by atoms with van der Waals surface area (Å²) in [6.45, 7) is 0. The van der Waals surface area contributed by atoms with E-state index >= 15 is 0 Å². The average molecular weight is 310 g/mol. The highest BCUT2D eigenvalue weighted by Gasteiger charge is 2.45. The lowest BCUT2D eigenvalue weighted by Crippen LogP contribution is -2.20. The number of aromatic nitrogens is 1. The summed E-state index contributed by atoms with van der Waals surface area (Å²) in [4.78, 5) is 11.6. The van der Waals surface area contributed by atoms with Crippen molar-refractivity contribution in [3.8, 4) is 11.3 Å². The Labute approximate surface area is 124 Å². The van der Waals surface area contributed by atoms with Gasteiger partial charge in [0.2, 0.25) is 0 Å². The first-order chi connectivity index (χ1) is 10.4. The number of carbonyl (C=O) groups is 1. The lowest BCUT2D eigenvalue weighted by Gasteiger charge is -2.17. The molecule has 0 spiro atoms. The van der Waals surface area contributed by atoms with E-state index in [1.807, 2.05) is 0 Å². The van der Waals surface area contributed by atoms with Gasteiger partial charge in [-0.2, -0.15) is 8.78 Å². The van der Waals surface area contributed by atoms with Crippen molar-refractivity contribution >= 4 is 12.0 Å². The highest BCUT2D eigenvalue weighted by molar-refractivity contribution is 5.76. The normalized spacial score (nSPS) is 12.3. The van der Waals surface area contributed by atoms with Crippen LogP contribution in [0.4, 0.5) is 18.9 Å². The van der Waals surface area contributed by atoms with E-state index in [9.17, 15) is 18.0 Å². The largest absolute Gasteiger partial charge is 0.373 e. The van der Waals surface area contributed by atoms with Crippen molar-refractivity contribution in [3.05, 3.63) is 47.9 Å². The quantitative estimate of drug-likeness (QED) is 0.626. The van der Waals surface area contributed by atoms with Gasteiger partial charge in [0.25, 0.3) is 0 Å². The monoisotopic (exact) mass is 310 g/mol. The Bertz CT molecular complexity index is 694. The van der Waals surface area contributed by atoms with Crippen molar-refractivity contribution in [2.75, 3.05) is 19.0 Å². The first-order valence-electron chi connectivity index (χ1n) is 6.31. The highest BCUT2D eigenvalue weighted by atomic mass is 19.3. The van der Waals surface area contributed by atoms with Crippen molar-refractivity contribution in [1.82, 2.24) is 5.16 Å². The molecule has 1 aromatic carbocycles. The fourth-order valence-electron chi connectivity index (χ4n) is 1.96. The van der Waals surface area contributed by atoms with E-state index < -0.39 is 17.4 Å². The van der Waals surface area contributed by atoms with E-state index in [2.05, 4.69) is 5.16 Å². The minimum atomic E-state index is -4.06. The number of allylic oxidation sites excluding steroid dienone is 2.